The van der Waals surface area contributed by atoms with Gasteiger partial charge in [0.2, 0.25) is 0 Å². The fraction of sp³-hybridized carbons (Fsp3) is 0.143. The first kappa shape index (κ1) is 18.9. The fourth-order valence-electron chi connectivity index (χ4n) is 2.71. The maximum atomic E-state index is 10.6. The first-order valence-electron chi connectivity index (χ1n) is 8.60. The second-order valence-electron chi connectivity index (χ2n) is 6.15. The second-order valence-corrected chi connectivity index (χ2v) is 6.58. The molecule has 0 aliphatic carbocycles. The number of nitrogens with two attached hydrogens (primary N) is 1. The van der Waals surface area contributed by atoms with Crippen LogP contribution in [0.25, 0.3) is 10.9 Å². The number of hydrogen-bond acceptors (Lipinski definition) is 3. The van der Waals surface area contributed by atoms with Crippen LogP contribution >= 0.6 is 11.6 Å². The second kappa shape index (κ2) is 8.66. The van der Waals surface area contributed by atoms with E-state index in [-0.39, 0.29) is 5.78 Å². The summed E-state index contributed by atoms with van der Waals surface area (Å²) in [5, 5.41) is 2.06. The maximum Gasteiger partial charge on any atom is 0.194 e. The standard InChI is InChI=1S/C15H12ClN.C6H9N3O/c16-14-7-5-12(6-8-14)11-17-10-9-13-3-1-2-4-15(13)17;1-4(10)6-8-3-5(2-7)9-6/h1-10H,11H2;3H,2,7H2,1H3,(H,8,9). The number of H-pyrrole nitrogens is 1. The fourth-order valence-corrected chi connectivity index (χ4v) is 2.83. The number of ketones is 1. The van der Waals surface area contributed by atoms with Crippen LogP contribution in [0, 0.1) is 0 Å². The summed E-state index contributed by atoms with van der Waals surface area (Å²) < 4.78 is 2.25. The number of nitrogens with zero attached hydrogens (tertiary/aromatic N) is 2. The molecule has 0 aliphatic heterocycles. The lowest BCUT2D eigenvalue weighted by Gasteiger charge is -2.05. The Hall–Kier alpha value is -2.89. The molecule has 4 aromatic rings. The van der Waals surface area contributed by atoms with Gasteiger partial charge >= 0.3 is 0 Å². The van der Waals surface area contributed by atoms with E-state index in [1.807, 2.05) is 12.1 Å². The summed E-state index contributed by atoms with van der Waals surface area (Å²) in [6.07, 6.45) is 3.69. The SMILES string of the molecule is CC(=O)c1ncc(CN)[nH]1.Clc1ccc(Cn2ccc3ccccc32)cc1. The lowest BCUT2D eigenvalue weighted by atomic mass is 10.2. The number of rotatable bonds is 4. The van der Waals surface area contributed by atoms with Gasteiger partial charge in [-0.15, -0.1) is 0 Å². The van der Waals surface area contributed by atoms with Crippen molar-refractivity contribution in [1.29, 1.82) is 0 Å². The van der Waals surface area contributed by atoms with Crippen molar-refractivity contribution in [3.05, 3.63) is 89.1 Å². The molecule has 0 radical (unpaired) electrons. The van der Waals surface area contributed by atoms with Crippen LogP contribution in [0.1, 0.15) is 28.8 Å². The van der Waals surface area contributed by atoms with Crippen molar-refractivity contribution in [1.82, 2.24) is 14.5 Å². The maximum absolute atomic E-state index is 10.6. The molecule has 0 saturated heterocycles. The molecule has 3 N–H and O–H groups in total. The van der Waals surface area contributed by atoms with Crippen LogP contribution in [0.15, 0.2) is 67.0 Å². The van der Waals surface area contributed by atoms with E-state index in [0.29, 0.717) is 12.4 Å². The molecule has 0 atom stereocenters. The number of halogens is 1. The molecule has 0 saturated carbocycles. The summed E-state index contributed by atoms with van der Waals surface area (Å²) in [4.78, 5) is 17.2. The zero-order chi connectivity index (χ0) is 19.2. The lowest BCUT2D eigenvalue weighted by Crippen LogP contribution is -1.98. The van der Waals surface area contributed by atoms with E-state index >= 15 is 0 Å². The lowest BCUT2D eigenvalue weighted by molar-refractivity contribution is 0.100. The van der Waals surface area contributed by atoms with E-state index in [1.165, 1.54) is 23.4 Å². The van der Waals surface area contributed by atoms with Crippen LogP contribution in [0.4, 0.5) is 0 Å². The topological polar surface area (TPSA) is 76.7 Å². The number of hydrogen-bond donors (Lipinski definition) is 2. The highest BCUT2D eigenvalue weighted by Gasteiger charge is 2.02. The van der Waals surface area contributed by atoms with Crippen LogP contribution in [0.3, 0.4) is 0 Å². The summed E-state index contributed by atoms with van der Waals surface area (Å²) in [6, 6.07) is 18.6. The van der Waals surface area contributed by atoms with Gasteiger partial charge in [-0.3, -0.25) is 4.79 Å². The highest BCUT2D eigenvalue weighted by Crippen LogP contribution is 2.17. The molecular weight excluding hydrogens is 360 g/mol. The Morgan fingerprint density at radius 1 is 1.15 bits per heavy atom. The van der Waals surface area contributed by atoms with Gasteiger partial charge in [-0.2, -0.15) is 0 Å². The molecule has 0 unspecified atom stereocenters. The zero-order valence-corrected chi connectivity index (χ0v) is 15.8. The van der Waals surface area contributed by atoms with E-state index in [0.717, 1.165) is 17.3 Å². The largest absolute Gasteiger partial charge is 0.343 e. The summed E-state index contributed by atoms with van der Waals surface area (Å²) in [6.45, 7) is 2.73. The van der Waals surface area contributed by atoms with Gasteiger partial charge in [-0.25, -0.2) is 4.98 Å². The van der Waals surface area contributed by atoms with Crippen molar-refractivity contribution >= 4 is 28.3 Å². The van der Waals surface area contributed by atoms with Gasteiger partial charge in [-0.1, -0.05) is 41.9 Å². The molecule has 0 fully saturated rings. The Morgan fingerprint density at radius 2 is 1.89 bits per heavy atom. The highest BCUT2D eigenvalue weighted by atomic mass is 35.5. The molecule has 2 aromatic carbocycles. The van der Waals surface area contributed by atoms with E-state index < -0.39 is 0 Å². The predicted molar refractivity (Wildman–Crippen MR) is 109 cm³/mol. The predicted octanol–water partition coefficient (Wildman–Crippen LogP) is 4.41. The Bertz CT molecular complexity index is 1030. The molecule has 0 spiro atoms. The minimum atomic E-state index is -0.0697. The molecule has 4 rings (SSSR count). The average molecular weight is 381 g/mol. The van der Waals surface area contributed by atoms with E-state index in [4.69, 9.17) is 17.3 Å². The summed E-state index contributed by atoms with van der Waals surface area (Å²) in [5.41, 5.74) is 8.59. The average Bonchev–Trinajstić information content (AvgIpc) is 3.32. The van der Waals surface area contributed by atoms with E-state index in [9.17, 15) is 4.79 Å². The van der Waals surface area contributed by atoms with Crippen LogP contribution in [-0.4, -0.2) is 20.3 Å². The summed E-state index contributed by atoms with van der Waals surface area (Å²) in [7, 11) is 0. The number of imidazole rings is 1. The molecule has 138 valence electrons. The molecule has 5 nitrogen and oxygen atoms in total. The smallest absolute Gasteiger partial charge is 0.194 e. The van der Waals surface area contributed by atoms with Crippen molar-refractivity contribution in [3.8, 4) is 0 Å². The molecule has 2 heterocycles. The third-order valence-electron chi connectivity index (χ3n) is 4.13. The molecule has 0 amide bonds. The molecule has 6 heteroatoms. The zero-order valence-electron chi connectivity index (χ0n) is 15.0. The Balaban J connectivity index is 0.000000180. The minimum absolute atomic E-state index is 0.0697. The quantitative estimate of drug-likeness (QED) is 0.515. The third kappa shape index (κ3) is 4.84. The van der Waals surface area contributed by atoms with Gasteiger partial charge in [0.1, 0.15) is 0 Å². The minimum Gasteiger partial charge on any atom is -0.343 e. The van der Waals surface area contributed by atoms with Crippen molar-refractivity contribution in [2.75, 3.05) is 0 Å². The number of para-hydroxylation sites is 1. The van der Waals surface area contributed by atoms with Gasteiger partial charge in [0, 0.05) is 42.4 Å². The van der Waals surface area contributed by atoms with E-state index in [1.54, 1.807) is 6.20 Å². The van der Waals surface area contributed by atoms with Crippen molar-refractivity contribution in [2.45, 2.75) is 20.0 Å². The van der Waals surface area contributed by atoms with Gasteiger partial charge in [-0.05, 0) is 35.2 Å². The van der Waals surface area contributed by atoms with Crippen LogP contribution in [0.2, 0.25) is 5.02 Å². The van der Waals surface area contributed by atoms with E-state index in [2.05, 4.69) is 63.2 Å². The Labute approximate surface area is 162 Å². The molecule has 27 heavy (non-hydrogen) atoms. The van der Waals surface area contributed by atoms with Gasteiger partial charge < -0.3 is 15.3 Å². The number of benzene rings is 2. The van der Waals surface area contributed by atoms with Gasteiger partial charge in [0.25, 0.3) is 0 Å². The number of carbonyl (C=O) groups is 1. The Morgan fingerprint density at radius 3 is 2.52 bits per heavy atom. The van der Waals surface area contributed by atoms with Crippen molar-refractivity contribution < 1.29 is 4.79 Å². The van der Waals surface area contributed by atoms with Crippen LogP contribution in [-0.2, 0) is 13.1 Å². The Kier molecular flexibility index (Phi) is 6.06. The van der Waals surface area contributed by atoms with Crippen LogP contribution < -0.4 is 5.73 Å². The van der Waals surface area contributed by atoms with Gasteiger partial charge in [0.05, 0.1) is 6.20 Å². The monoisotopic (exact) mass is 380 g/mol. The third-order valence-corrected chi connectivity index (χ3v) is 4.38. The number of aromatic nitrogens is 3. The summed E-state index contributed by atoms with van der Waals surface area (Å²) >= 11 is 5.88. The number of fused-ring (bicyclic) bond motifs is 1. The summed E-state index contributed by atoms with van der Waals surface area (Å²) in [5.74, 6) is 0.306. The van der Waals surface area contributed by atoms with Crippen molar-refractivity contribution in [3.63, 3.8) is 0 Å². The number of Topliss-reactive ketones (excluding diaryl/α,β-unsaturated/α-hetero) is 1. The van der Waals surface area contributed by atoms with Gasteiger partial charge in [0.15, 0.2) is 11.6 Å². The molecule has 0 bridgehead atoms. The first-order valence-corrected chi connectivity index (χ1v) is 8.98. The first-order chi connectivity index (χ1) is 13.1. The molecular formula is C21H21ClN4O. The number of carbonyl (C=O) groups excluding carboxylic acids is 1. The highest BCUT2D eigenvalue weighted by molar-refractivity contribution is 6.30. The molecule has 0 aliphatic rings. The van der Waals surface area contributed by atoms with Crippen molar-refractivity contribution in [2.24, 2.45) is 5.73 Å². The number of aromatic amines is 1. The molecule has 2 aromatic heterocycles. The normalized spacial score (nSPS) is 10.5. The van der Waals surface area contributed by atoms with Crippen LogP contribution in [0.5, 0.6) is 0 Å². The number of nitrogens with one attached hydrogen (secondary N) is 1.